The zero-order chi connectivity index (χ0) is 34.2. The number of hydrogen-bond donors (Lipinski definition) is 0. The fraction of sp³-hybridized carbons (Fsp3) is 0.533. The molecule has 1 saturated heterocycles. The molecular weight excluding hydrogens is 639 g/mol. The Bertz CT molecular complexity index is 1390. The van der Waals surface area contributed by atoms with Gasteiger partial charge in [-0.15, -0.1) is 13.2 Å². The number of esters is 1. The number of hydrogen-bond acceptors (Lipinski definition) is 6. The monoisotopic (exact) mass is 670 g/mol. The van der Waals surface area contributed by atoms with Gasteiger partial charge in [0.05, 0.1) is 36.7 Å². The van der Waals surface area contributed by atoms with Crippen molar-refractivity contribution in [3.8, 4) is 5.75 Å². The summed E-state index contributed by atoms with van der Waals surface area (Å²) in [5.41, 5.74) is -3.11. The number of nitrogens with zero attached hydrogens (tertiary/aromatic N) is 2. The molecule has 2 aromatic rings. The fourth-order valence-corrected chi connectivity index (χ4v) is 6.07. The minimum Gasteiger partial charge on any atom is -0.469 e. The third kappa shape index (κ3) is 7.92. The third-order valence-electron chi connectivity index (χ3n) is 8.28. The molecule has 4 rings (SSSR count). The topological polar surface area (TPSA) is 68.3 Å². The molecule has 2 fully saturated rings. The van der Waals surface area contributed by atoms with Crippen molar-refractivity contribution in [2.75, 3.05) is 18.6 Å². The average molecular weight is 671 g/mol. The molecule has 1 heterocycles. The summed E-state index contributed by atoms with van der Waals surface area (Å²) in [5.74, 6) is -1.23. The van der Waals surface area contributed by atoms with Crippen LogP contribution in [0.2, 0.25) is 0 Å². The molecule has 7 nitrogen and oxygen atoms in total. The van der Waals surface area contributed by atoms with E-state index in [0.29, 0.717) is 50.0 Å². The van der Waals surface area contributed by atoms with E-state index in [1.807, 2.05) is 11.8 Å². The number of anilines is 1. The van der Waals surface area contributed by atoms with Crippen molar-refractivity contribution in [1.82, 2.24) is 4.90 Å². The van der Waals surface area contributed by atoms with Crippen LogP contribution in [0.1, 0.15) is 67.9 Å². The van der Waals surface area contributed by atoms with Gasteiger partial charge in [0, 0.05) is 18.3 Å². The lowest BCUT2D eigenvalue weighted by molar-refractivity contribution is -0.274. The Labute approximate surface area is 258 Å². The van der Waals surface area contributed by atoms with Gasteiger partial charge in [-0.3, -0.25) is 9.69 Å². The molecule has 254 valence electrons. The highest BCUT2D eigenvalue weighted by atomic mass is 19.4. The molecule has 0 unspecified atom stereocenters. The first-order valence-electron chi connectivity index (χ1n) is 14.3. The van der Waals surface area contributed by atoms with Crippen molar-refractivity contribution in [2.45, 2.75) is 83.0 Å². The largest absolute Gasteiger partial charge is 0.573 e. The van der Waals surface area contributed by atoms with Crippen LogP contribution in [0.25, 0.3) is 0 Å². The Balaban J connectivity index is 1.68. The van der Waals surface area contributed by atoms with Gasteiger partial charge >= 0.3 is 30.8 Å². The van der Waals surface area contributed by atoms with E-state index in [1.165, 1.54) is 20.1 Å². The van der Waals surface area contributed by atoms with Crippen LogP contribution in [-0.4, -0.2) is 49.1 Å². The van der Waals surface area contributed by atoms with Gasteiger partial charge in [0.25, 0.3) is 0 Å². The lowest BCUT2D eigenvalue weighted by Gasteiger charge is -2.38. The van der Waals surface area contributed by atoms with Gasteiger partial charge in [-0.25, -0.2) is 4.79 Å². The van der Waals surface area contributed by atoms with Gasteiger partial charge in [0.2, 0.25) is 0 Å². The number of rotatable bonds is 8. The summed E-state index contributed by atoms with van der Waals surface area (Å²) >= 11 is 0. The number of alkyl halides is 9. The standard InChI is InChI=1S/C30H31F9N2O5/c1-4-40(22-7-5-17(6-8-22)26(42)44-3)24-10-9-23(46-30(37,38)39)13-19(24)15-41-16(2)25(45-27(41)43)18-11-20(28(31,32)33)14-21(12-18)29(34,35)36/h9-14,16-17,22,25H,4-8,15H2,1-3H3/t16-,17?,22?,25-/m0/s1. The van der Waals surface area contributed by atoms with E-state index >= 15 is 0 Å². The Kier molecular flexibility index (Phi) is 9.97. The zero-order valence-electron chi connectivity index (χ0n) is 24.9. The summed E-state index contributed by atoms with van der Waals surface area (Å²) in [7, 11) is 1.29. The number of cyclic esters (lactones) is 1. The summed E-state index contributed by atoms with van der Waals surface area (Å²) < 4.78 is 134. The van der Waals surface area contributed by atoms with Crippen molar-refractivity contribution < 1.29 is 63.3 Å². The molecule has 2 aromatic carbocycles. The Morgan fingerprint density at radius 2 is 1.52 bits per heavy atom. The second-order valence-corrected chi connectivity index (χ2v) is 11.2. The third-order valence-corrected chi connectivity index (χ3v) is 8.28. The van der Waals surface area contributed by atoms with Gasteiger partial charge in [0.1, 0.15) is 11.9 Å². The first-order chi connectivity index (χ1) is 21.3. The van der Waals surface area contributed by atoms with Gasteiger partial charge in [0.15, 0.2) is 0 Å². The highest BCUT2D eigenvalue weighted by molar-refractivity contribution is 5.73. The summed E-state index contributed by atoms with van der Waals surface area (Å²) in [5, 5.41) is 0. The quantitative estimate of drug-likeness (QED) is 0.208. The molecule has 1 amide bonds. The van der Waals surface area contributed by atoms with Crippen LogP contribution in [-0.2, 0) is 33.2 Å². The van der Waals surface area contributed by atoms with Gasteiger partial charge in [-0.05, 0) is 87.1 Å². The molecule has 0 radical (unpaired) electrons. The van der Waals surface area contributed by atoms with Crippen LogP contribution in [0.4, 0.5) is 50.0 Å². The van der Waals surface area contributed by atoms with Crippen molar-refractivity contribution in [3.63, 3.8) is 0 Å². The molecule has 2 atom stereocenters. The number of carbonyl (C=O) groups is 2. The van der Waals surface area contributed by atoms with Crippen molar-refractivity contribution in [2.24, 2.45) is 5.92 Å². The van der Waals surface area contributed by atoms with Crippen LogP contribution in [0.15, 0.2) is 36.4 Å². The van der Waals surface area contributed by atoms with E-state index < -0.39 is 65.9 Å². The molecule has 1 aliphatic carbocycles. The predicted molar refractivity (Wildman–Crippen MR) is 145 cm³/mol. The molecule has 16 heteroatoms. The number of methoxy groups -OCH3 is 1. The van der Waals surface area contributed by atoms with Crippen LogP contribution in [0.3, 0.4) is 0 Å². The highest BCUT2D eigenvalue weighted by Crippen LogP contribution is 2.42. The van der Waals surface area contributed by atoms with Crippen LogP contribution in [0.5, 0.6) is 5.75 Å². The van der Waals surface area contributed by atoms with Gasteiger partial charge < -0.3 is 19.1 Å². The Morgan fingerprint density at radius 3 is 2.02 bits per heavy atom. The number of amides is 1. The summed E-state index contributed by atoms with van der Waals surface area (Å²) in [6, 6.07) is 3.20. The SMILES string of the molecule is CCN(c1ccc(OC(F)(F)F)cc1CN1C(=O)O[C@H](c2cc(C(F)(F)F)cc(C(F)(F)F)c2)[C@@H]1C)C1CCC(C(=O)OC)CC1. The molecule has 1 saturated carbocycles. The second kappa shape index (κ2) is 13.1. The molecule has 0 bridgehead atoms. The maximum Gasteiger partial charge on any atom is 0.573 e. The molecular formula is C30H31F9N2O5. The fourth-order valence-electron chi connectivity index (χ4n) is 6.07. The number of ether oxygens (including phenoxy) is 3. The summed E-state index contributed by atoms with van der Waals surface area (Å²) in [6.07, 6.45) is -15.8. The van der Waals surface area contributed by atoms with E-state index in [0.717, 1.165) is 17.0 Å². The summed E-state index contributed by atoms with van der Waals surface area (Å²) in [4.78, 5) is 28.0. The number of halogens is 9. The molecule has 1 aliphatic heterocycles. The maximum atomic E-state index is 13.5. The molecule has 0 N–H and O–H groups in total. The smallest absolute Gasteiger partial charge is 0.469 e. The maximum absolute atomic E-state index is 13.5. The van der Waals surface area contributed by atoms with Crippen LogP contribution < -0.4 is 9.64 Å². The van der Waals surface area contributed by atoms with E-state index in [4.69, 9.17) is 9.47 Å². The van der Waals surface area contributed by atoms with E-state index in [2.05, 4.69) is 4.74 Å². The van der Waals surface area contributed by atoms with Crippen LogP contribution >= 0.6 is 0 Å². The normalized spacial score (nSPS) is 22.4. The predicted octanol–water partition coefficient (Wildman–Crippen LogP) is 8.26. The Hall–Kier alpha value is -3.85. The first-order valence-corrected chi connectivity index (χ1v) is 14.3. The van der Waals surface area contributed by atoms with E-state index in [-0.39, 0.29) is 29.6 Å². The van der Waals surface area contributed by atoms with Crippen LogP contribution in [0, 0.1) is 5.92 Å². The lowest BCUT2D eigenvalue weighted by Crippen LogP contribution is -2.40. The molecule has 0 spiro atoms. The van der Waals surface area contributed by atoms with Gasteiger partial charge in [-0.2, -0.15) is 26.3 Å². The molecule has 46 heavy (non-hydrogen) atoms. The van der Waals surface area contributed by atoms with Crippen molar-refractivity contribution >= 4 is 17.7 Å². The average Bonchev–Trinajstić information content (AvgIpc) is 3.25. The molecule has 2 aliphatic rings. The highest BCUT2D eigenvalue weighted by Gasteiger charge is 2.44. The lowest BCUT2D eigenvalue weighted by atomic mass is 9.85. The number of benzene rings is 2. The van der Waals surface area contributed by atoms with Crippen molar-refractivity contribution in [3.05, 3.63) is 58.7 Å². The van der Waals surface area contributed by atoms with E-state index in [1.54, 1.807) is 0 Å². The molecule has 0 aromatic heterocycles. The summed E-state index contributed by atoms with van der Waals surface area (Å²) in [6.45, 7) is 3.14. The minimum atomic E-state index is -5.13. The minimum absolute atomic E-state index is 0.0425. The van der Waals surface area contributed by atoms with Crippen molar-refractivity contribution in [1.29, 1.82) is 0 Å². The van der Waals surface area contributed by atoms with Gasteiger partial charge in [-0.1, -0.05) is 0 Å². The second-order valence-electron chi connectivity index (χ2n) is 11.2. The first kappa shape index (κ1) is 35.0. The number of carbonyl (C=O) groups excluding carboxylic acids is 2. The Morgan fingerprint density at radius 1 is 0.935 bits per heavy atom. The zero-order valence-corrected chi connectivity index (χ0v) is 24.9. The van der Waals surface area contributed by atoms with E-state index in [9.17, 15) is 49.1 Å².